The number of hydrogen-bond acceptors (Lipinski definition) is 6. The van der Waals surface area contributed by atoms with Gasteiger partial charge in [-0.2, -0.15) is 0 Å². The van der Waals surface area contributed by atoms with Crippen LogP contribution in [0.1, 0.15) is 45.3 Å². The molecule has 2 N–H and O–H groups in total. The molecular weight excluding hydrogens is 467 g/mol. The number of carbonyl (C=O) groups excluding carboxylic acids is 2. The van der Waals surface area contributed by atoms with Crippen molar-refractivity contribution in [1.82, 2.24) is 9.55 Å². The average molecular weight is 493 g/mol. The fourth-order valence-electron chi connectivity index (χ4n) is 3.18. The summed E-state index contributed by atoms with van der Waals surface area (Å²) in [6, 6.07) is 8.23. The van der Waals surface area contributed by atoms with Gasteiger partial charge in [-0.3, -0.25) is 4.79 Å². The van der Waals surface area contributed by atoms with Crippen molar-refractivity contribution in [2.45, 2.75) is 51.7 Å². The fourth-order valence-corrected chi connectivity index (χ4v) is 3.18. The first-order valence-electron chi connectivity index (χ1n) is 10.8. The predicted molar refractivity (Wildman–Crippen MR) is 122 cm³/mol. The highest BCUT2D eigenvalue weighted by Crippen LogP contribution is 2.26. The summed E-state index contributed by atoms with van der Waals surface area (Å²) >= 11 is 0. The van der Waals surface area contributed by atoms with E-state index in [1.54, 1.807) is 39.0 Å². The Hall–Kier alpha value is -3.60. The Labute approximate surface area is 199 Å². The van der Waals surface area contributed by atoms with E-state index in [9.17, 15) is 27.9 Å². The molecule has 1 unspecified atom stereocenters. The van der Waals surface area contributed by atoms with Crippen LogP contribution >= 0.6 is 0 Å². The quantitative estimate of drug-likeness (QED) is 0.455. The Balaban J connectivity index is 1.61. The molecule has 0 saturated heterocycles. The molecule has 11 heteroatoms. The SMILES string of the molecule is CC(C)(C)OC(=O)n1cnc2cc(NC(=O)CC(O)c3ccc(OCCC(F)F)cc3F)ccc21. The molecule has 0 spiro atoms. The van der Waals surface area contributed by atoms with Gasteiger partial charge in [-0.1, -0.05) is 0 Å². The highest BCUT2D eigenvalue weighted by Gasteiger charge is 2.21. The number of aliphatic hydroxyl groups is 1. The lowest BCUT2D eigenvalue weighted by Gasteiger charge is -2.19. The van der Waals surface area contributed by atoms with Crippen molar-refractivity contribution in [3.63, 3.8) is 0 Å². The van der Waals surface area contributed by atoms with Crippen LogP contribution in [0.15, 0.2) is 42.7 Å². The van der Waals surface area contributed by atoms with Gasteiger partial charge in [0, 0.05) is 23.7 Å². The maximum Gasteiger partial charge on any atom is 0.420 e. The highest BCUT2D eigenvalue weighted by molar-refractivity contribution is 5.94. The molecule has 1 atom stereocenters. The van der Waals surface area contributed by atoms with E-state index in [0.29, 0.717) is 16.7 Å². The second kappa shape index (κ2) is 10.8. The number of benzene rings is 2. The minimum Gasteiger partial charge on any atom is -0.493 e. The van der Waals surface area contributed by atoms with Crippen LogP contribution in [0, 0.1) is 5.82 Å². The van der Waals surface area contributed by atoms with Gasteiger partial charge in [0.15, 0.2) is 0 Å². The number of nitrogens with zero attached hydrogens (tertiary/aromatic N) is 2. The van der Waals surface area contributed by atoms with Crippen molar-refractivity contribution in [2.24, 2.45) is 0 Å². The molecule has 1 heterocycles. The largest absolute Gasteiger partial charge is 0.493 e. The van der Waals surface area contributed by atoms with Gasteiger partial charge in [0.1, 0.15) is 23.5 Å². The number of carbonyl (C=O) groups is 2. The van der Waals surface area contributed by atoms with Crippen LogP contribution in [0.3, 0.4) is 0 Å². The van der Waals surface area contributed by atoms with Crippen molar-refractivity contribution in [2.75, 3.05) is 11.9 Å². The van der Waals surface area contributed by atoms with Gasteiger partial charge >= 0.3 is 6.09 Å². The zero-order valence-corrected chi connectivity index (χ0v) is 19.4. The Kier molecular flexibility index (Phi) is 8.00. The monoisotopic (exact) mass is 493 g/mol. The van der Waals surface area contributed by atoms with Crippen LogP contribution in [-0.4, -0.2) is 45.3 Å². The zero-order chi connectivity index (χ0) is 25.8. The van der Waals surface area contributed by atoms with E-state index in [1.807, 2.05) is 0 Å². The van der Waals surface area contributed by atoms with Gasteiger partial charge in [-0.15, -0.1) is 0 Å². The first-order chi connectivity index (χ1) is 16.4. The number of halogens is 3. The van der Waals surface area contributed by atoms with E-state index in [4.69, 9.17) is 9.47 Å². The van der Waals surface area contributed by atoms with Crippen LogP contribution in [0.5, 0.6) is 5.75 Å². The van der Waals surface area contributed by atoms with Crippen molar-refractivity contribution in [3.05, 3.63) is 54.1 Å². The molecule has 0 fully saturated rings. The van der Waals surface area contributed by atoms with E-state index in [2.05, 4.69) is 10.3 Å². The average Bonchev–Trinajstić information content (AvgIpc) is 3.15. The Bertz CT molecular complexity index is 1210. The summed E-state index contributed by atoms with van der Waals surface area (Å²) < 4.78 is 50.3. The molecule has 0 aliphatic carbocycles. The summed E-state index contributed by atoms with van der Waals surface area (Å²) in [7, 11) is 0. The molecule has 0 saturated carbocycles. The lowest BCUT2D eigenvalue weighted by atomic mass is 10.1. The van der Waals surface area contributed by atoms with E-state index in [1.165, 1.54) is 23.0 Å². The van der Waals surface area contributed by atoms with Gasteiger partial charge in [0.25, 0.3) is 0 Å². The number of hydrogen-bond donors (Lipinski definition) is 2. The van der Waals surface area contributed by atoms with Crippen molar-refractivity contribution < 1.29 is 37.3 Å². The summed E-state index contributed by atoms with van der Waals surface area (Å²) in [5.74, 6) is -1.36. The number of nitrogens with one attached hydrogen (secondary N) is 1. The van der Waals surface area contributed by atoms with Crippen molar-refractivity contribution in [1.29, 1.82) is 0 Å². The summed E-state index contributed by atoms with van der Waals surface area (Å²) in [5, 5.41) is 12.9. The molecule has 0 bridgehead atoms. The van der Waals surface area contributed by atoms with E-state index >= 15 is 0 Å². The lowest BCUT2D eigenvalue weighted by Crippen LogP contribution is -2.26. The first kappa shape index (κ1) is 26.0. The number of anilines is 1. The molecule has 3 aromatic rings. The van der Waals surface area contributed by atoms with E-state index in [0.717, 1.165) is 6.07 Å². The predicted octanol–water partition coefficient (Wildman–Crippen LogP) is 5.05. The van der Waals surface area contributed by atoms with E-state index in [-0.39, 0.29) is 17.9 Å². The first-order valence-corrected chi connectivity index (χ1v) is 10.8. The van der Waals surface area contributed by atoms with Gasteiger partial charge < -0.3 is 19.9 Å². The third kappa shape index (κ3) is 7.19. The summed E-state index contributed by atoms with van der Waals surface area (Å²) in [6.07, 6.45) is -4.17. The molecule has 3 rings (SSSR count). The van der Waals surface area contributed by atoms with Crippen molar-refractivity contribution >= 4 is 28.7 Å². The minimum absolute atomic E-state index is 0.0441. The number of amides is 1. The molecule has 188 valence electrons. The van der Waals surface area contributed by atoms with Crippen LogP contribution < -0.4 is 10.1 Å². The minimum atomic E-state index is -2.53. The second-order valence-corrected chi connectivity index (χ2v) is 8.78. The third-order valence-corrected chi connectivity index (χ3v) is 4.74. The van der Waals surface area contributed by atoms with Crippen LogP contribution in [0.2, 0.25) is 0 Å². The zero-order valence-electron chi connectivity index (χ0n) is 19.4. The Morgan fingerprint density at radius 1 is 1.17 bits per heavy atom. The summed E-state index contributed by atoms with van der Waals surface area (Å²) in [5.41, 5.74) is 0.474. The fraction of sp³-hybridized carbons (Fsp3) is 0.375. The van der Waals surface area contributed by atoms with Gasteiger partial charge in [-0.25, -0.2) is 27.5 Å². The van der Waals surface area contributed by atoms with Crippen LogP contribution in [0.4, 0.5) is 23.7 Å². The third-order valence-electron chi connectivity index (χ3n) is 4.74. The number of aromatic nitrogens is 2. The molecule has 1 amide bonds. The number of fused-ring (bicyclic) bond motifs is 1. The molecule has 1 aromatic heterocycles. The number of imidazole rings is 1. The van der Waals surface area contributed by atoms with Gasteiger partial charge in [0.2, 0.25) is 12.3 Å². The summed E-state index contributed by atoms with van der Waals surface area (Å²) in [6.45, 7) is 4.97. The number of alkyl halides is 2. The number of aliphatic hydroxyl groups excluding tert-OH is 1. The molecule has 35 heavy (non-hydrogen) atoms. The maximum absolute atomic E-state index is 14.3. The Morgan fingerprint density at radius 3 is 2.57 bits per heavy atom. The standard InChI is InChI=1S/C24H26F3N3O5/c1-24(2,3)35-23(33)30-13-28-18-10-14(4-7-19(18)30)29-22(32)12-20(31)16-6-5-15(11-17(16)25)34-9-8-21(26)27/h4-7,10-11,13,20-21,31H,8-9,12H2,1-3H3,(H,29,32). The number of rotatable bonds is 8. The highest BCUT2D eigenvalue weighted by atomic mass is 19.3. The summed E-state index contributed by atoms with van der Waals surface area (Å²) in [4.78, 5) is 28.9. The van der Waals surface area contributed by atoms with Crippen LogP contribution in [-0.2, 0) is 9.53 Å². The molecule has 8 nitrogen and oxygen atoms in total. The molecule has 0 aliphatic rings. The topological polar surface area (TPSA) is 103 Å². The second-order valence-electron chi connectivity index (χ2n) is 8.78. The normalized spacial score (nSPS) is 12.6. The maximum atomic E-state index is 14.3. The molecule has 0 radical (unpaired) electrons. The van der Waals surface area contributed by atoms with Crippen LogP contribution in [0.25, 0.3) is 11.0 Å². The molecule has 2 aromatic carbocycles. The van der Waals surface area contributed by atoms with E-state index < -0.39 is 48.8 Å². The van der Waals surface area contributed by atoms with Gasteiger partial charge in [-0.05, 0) is 51.1 Å². The smallest absolute Gasteiger partial charge is 0.420 e. The Morgan fingerprint density at radius 2 is 1.91 bits per heavy atom. The van der Waals surface area contributed by atoms with Crippen molar-refractivity contribution in [3.8, 4) is 5.75 Å². The number of ether oxygens (including phenoxy) is 2. The lowest BCUT2D eigenvalue weighted by molar-refractivity contribution is -0.118. The van der Waals surface area contributed by atoms with Gasteiger partial charge in [0.05, 0.1) is 30.2 Å². The molecule has 0 aliphatic heterocycles. The molecular formula is C24H26F3N3O5.